The molecule has 2 unspecified atom stereocenters. The maximum absolute atomic E-state index is 13.4. The Morgan fingerprint density at radius 3 is 2.54 bits per heavy atom. The third-order valence-electron chi connectivity index (χ3n) is 6.85. The van der Waals surface area contributed by atoms with Gasteiger partial charge in [-0.05, 0) is 73.2 Å². The molecule has 7 heteroatoms. The second-order valence-corrected chi connectivity index (χ2v) is 9.21. The Morgan fingerprint density at radius 1 is 1.03 bits per heavy atom. The van der Waals surface area contributed by atoms with E-state index in [1.807, 2.05) is 42.5 Å². The van der Waals surface area contributed by atoms with Crippen LogP contribution in [0.4, 0.5) is 10.3 Å². The number of aryl methyl sites for hydroxylation is 1. The number of hydroxylamine groups is 2. The molecule has 0 saturated carbocycles. The number of methoxy groups -OCH3 is 1. The van der Waals surface area contributed by atoms with E-state index in [0.29, 0.717) is 13.1 Å². The van der Waals surface area contributed by atoms with Crippen LogP contribution in [0.25, 0.3) is 11.0 Å². The number of benzene rings is 3. The quantitative estimate of drug-likeness (QED) is 0.353. The van der Waals surface area contributed by atoms with Gasteiger partial charge in [0.25, 0.3) is 0 Å². The topological polar surface area (TPSA) is 62.5 Å². The van der Waals surface area contributed by atoms with Crippen LogP contribution >= 0.6 is 0 Å². The van der Waals surface area contributed by atoms with E-state index >= 15 is 0 Å². The number of aromatic nitrogens is 2. The molecule has 1 fully saturated rings. The molecule has 182 valence electrons. The minimum atomic E-state index is -0.237. The summed E-state index contributed by atoms with van der Waals surface area (Å²) in [5.74, 6) is 1.42. The minimum Gasteiger partial charge on any atom is -0.497 e. The van der Waals surface area contributed by atoms with Gasteiger partial charge in [-0.25, -0.2) is 9.37 Å². The first-order chi connectivity index (χ1) is 17.1. The van der Waals surface area contributed by atoms with Crippen molar-refractivity contribution in [1.29, 1.82) is 0 Å². The summed E-state index contributed by atoms with van der Waals surface area (Å²) >= 11 is 0. The van der Waals surface area contributed by atoms with Gasteiger partial charge in [-0.15, -0.1) is 0 Å². The third kappa shape index (κ3) is 5.47. The zero-order valence-corrected chi connectivity index (χ0v) is 19.9. The summed E-state index contributed by atoms with van der Waals surface area (Å²) in [7, 11) is 1.67. The lowest BCUT2D eigenvalue weighted by molar-refractivity contribution is -0.145. The van der Waals surface area contributed by atoms with E-state index in [-0.39, 0.29) is 17.9 Å². The summed E-state index contributed by atoms with van der Waals surface area (Å²) < 4.78 is 20.8. The standard InChI is InChI=1S/C28H31FN4O2/c1-35-25-14-9-20(10-15-25)8-13-24-18-23(16-17-33(24)34)30-28-31-26-4-2-3-5-27(26)32(28)19-21-6-11-22(29)12-7-21/h2-7,9-12,14-15,23-24,34H,8,13,16-19H2,1H3,(H,30,31). The number of nitrogens with one attached hydrogen (secondary N) is 1. The van der Waals surface area contributed by atoms with Gasteiger partial charge >= 0.3 is 0 Å². The van der Waals surface area contributed by atoms with Gasteiger partial charge in [0, 0.05) is 18.6 Å². The van der Waals surface area contributed by atoms with Crippen molar-refractivity contribution < 1.29 is 14.3 Å². The van der Waals surface area contributed by atoms with Crippen molar-refractivity contribution >= 4 is 17.0 Å². The van der Waals surface area contributed by atoms with Crippen LogP contribution in [-0.4, -0.2) is 45.6 Å². The number of piperidine rings is 1. The second kappa shape index (κ2) is 10.5. The summed E-state index contributed by atoms with van der Waals surface area (Å²) in [4.78, 5) is 4.86. The summed E-state index contributed by atoms with van der Waals surface area (Å²) in [6.07, 6.45) is 3.41. The predicted octanol–water partition coefficient (Wildman–Crippen LogP) is 5.50. The van der Waals surface area contributed by atoms with E-state index in [1.165, 1.54) is 22.8 Å². The SMILES string of the molecule is COc1ccc(CCC2CC(Nc3nc4ccccc4n3Cc3ccc(F)cc3)CCN2O)cc1. The highest BCUT2D eigenvalue weighted by molar-refractivity contribution is 5.78. The zero-order chi connectivity index (χ0) is 24.2. The molecule has 1 aromatic heterocycles. The number of imidazole rings is 1. The highest BCUT2D eigenvalue weighted by Gasteiger charge is 2.28. The fourth-order valence-electron chi connectivity index (χ4n) is 4.86. The molecule has 0 aliphatic carbocycles. The van der Waals surface area contributed by atoms with E-state index in [0.717, 1.165) is 54.0 Å². The Bertz CT molecular complexity index is 1260. The lowest BCUT2D eigenvalue weighted by atomic mass is 9.94. The highest BCUT2D eigenvalue weighted by Crippen LogP contribution is 2.26. The van der Waals surface area contributed by atoms with Crippen molar-refractivity contribution in [3.8, 4) is 5.75 Å². The van der Waals surface area contributed by atoms with Crippen molar-refractivity contribution in [3.63, 3.8) is 0 Å². The predicted molar refractivity (Wildman–Crippen MR) is 135 cm³/mol. The Kier molecular flexibility index (Phi) is 6.97. The third-order valence-corrected chi connectivity index (χ3v) is 6.85. The second-order valence-electron chi connectivity index (χ2n) is 9.21. The van der Waals surface area contributed by atoms with Gasteiger partial charge in [-0.1, -0.05) is 36.4 Å². The summed E-state index contributed by atoms with van der Waals surface area (Å²) in [5, 5.41) is 15.7. The smallest absolute Gasteiger partial charge is 0.204 e. The molecule has 1 saturated heterocycles. The maximum Gasteiger partial charge on any atom is 0.204 e. The Balaban J connectivity index is 1.30. The largest absolute Gasteiger partial charge is 0.497 e. The number of halogens is 1. The van der Waals surface area contributed by atoms with Crippen molar-refractivity contribution in [2.24, 2.45) is 0 Å². The summed E-state index contributed by atoms with van der Waals surface area (Å²) in [6.45, 7) is 1.21. The molecule has 6 nitrogen and oxygen atoms in total. The van der Waals surface area contributed by atoms with Gasteiger partial charge in [0.15, 0.2) is 0 Å². The molecule has 3 aromatic carbocycles. The van der Waals surface area contributed by atoms with E-state index in [1.54, 1.807) is 7.11 Å². The minimum absolute atomic E-state index is 0.0679. The van der Waals surface area contributed by atoms with E-state index in [2.05, 4.69) is 28.1 Å². The van der Waals surface area contributed by atoms with Gasteiger partial charge in [0.2, 0.25) is 5.95 Å². The molecule has 4 aromatic rings. The highest BCUT2D eigenvalue weighted by atomic mass is 19.1. The number of hydrogen-bond acceptors (Lipinski definition) is 5. The molecule has 5 rings (SSSR count). The van der Waals surface area contributed by atoms with E-state index < -0.39 is 0 Å². The Labute approximate surface area is 204 Å². The van der Waals surface area contributed by atoms with Crippen LogP contribution < -0.4 is 10.1 Å². The number of fused-ring (bicyclic) bond motifs is 1. The van der Waals surface area contributed by atoms with Crippen LogP contribution in [-0.2, 0) is 13.0 Å². The lowest BCUT2D eigenvalue weighted by Crippen LogP contribution is -2.45. The molecule has 35 heavy (non-hydrogen) atoms. The normalized spacial score (nSPS) is 18.6. The summed E-state index contributed by atoms with van der Waals surface area (Å²) in [5.41, 5.74) is 4.21. The van der Waals surface area contributed by atoms with Crippen molar-refractivity contribution in [2.75, 3.05) is 19.0 Å². The molecule has 2 heterocycles. The van der Waals surface area contributed by atoms with E-state index in [9.17, 15) is 9.60 Å². The zero-order valence-electron chi connectivity index (χ0n) is 19.9. The first-order valence-corrected chi connectivity index (χ1v) is 12.1. The van der Waals surface area contributed by atoms with Crippen LogP contribution in [0.3, 0.4) is 0 Å². The molecule has 0 bridgehead atoms. The van der Waals surface area contributed by atoms with Crippen molar-refractivity contribution in [1.82, 2.24) is 14.6 Å². The molecule has 0 radical (unpaired) electrons. The Morgan fingerprint density at radius 2 is 1.77 bits per heavy atom. The maximum atomic E-state index is 13.4. The molecule has 1 aliphatic rings. The fraction of sp³-hybridized carbons (Fsp3) is 0.321. The Hall–Kier alpha value is -3.42. The number of hydrogen-bond donors (Lipinski definition) is 2. The fourth-order valence-corrected chi connectivity index (χ4v) is 4.86. The summed E-state index contributed by atoms with van der Waals surface area (Å²) in [6, 6.07) is 23.1. The molecule has 2 atom stereocenters. The lowest BCUT2D eigenvalue weighted by Gasteiger charge is -2.36. The number of nitrogens with zero attached hydrogens (tertiary/aromatic N) is 3. The molecular weight excluding hydrogens is 443 g/mol. The van der Waals surface area contributed by atoms with E-state index in [4.69, 9.17) is 9.72 Å². The van der Waals surface area contributed by atoms with Crippen LogP contribution in [0.5, 0.6) is 5.75 Å². The average molecular weight is 475 g/mol. The van der Waals surface area contributed by atoms with Crippen LogP contribution in [0.15, 0.2) is 72.8 Å². The number of anilines is 1. The van der Waals surface area contributed by atoms with Crippen molar-refractivity contribution in [2.45, 2.75) is 44.3 Å². The monoisotopic (exact) mass is 474 g/mol. The van der Waals surface area contributed by atoms with Crippen LogP contribution in [0, 0.1) is 5.82 Å². The average Bonchev–Trinajstić information content (AvgIpc) is 3.22. The van der Waals surface area contributed by atoms with Crippen LogP contribution in [0.1, 0.15) is 30.4 Å². The molecule has 0 amide bonds. The van der Waals surface area contributed by atoms with Gasteiger partial charge in [-0.2, -0.15) is 5.06 Å². The van der Waals surface area contributed by atoms with Crippen LogP contribution in [0.2, 0.25) is 0 Å². The van der Waals surface area contributed by atoms with Gasteiger partial charge < -0.3 is 19.8 Å². The van der Waals surface area contributed by atoms with Gasteiger partial charge in [0.05, 0.1) is 24.7 Å². The molecule has 1 aliphatic heterocycles. The molecule has 2 N–H and O–H groups in total. The number of ether oxygens (including phenoxy) is 1. The first-order valence-electron chi connectivity index (χ1n) is 12.1. The number of para-hydroxylation sites is 2. The van der Waals surface area contributed by atoms with Gasteiger partial charge in [-0.3, -0.25) is 0 Å². The molecular formula is C28H31FN4O2. The molecule has 0 spiro atoms. The first kappa shape index (κ1) is 23.3. The van der Waals surface area contributed by atoms with Crippen molar-refractivity contribution in [3.05, 3.63) is 89.7 Å². The van der Waals surface area contributed by atoms with Gasteiger partial charge in [0.1, 0.15) is 11.6 Å². The number of rotatable bonds is 8.